The van der Waals surface area contributed by atoms with Crippen LogP contribution in [0.1, 0.15) is 25.1 Å². The number of nitrogens with zero attached hydrogens (tertiary/aromatic N) is 5. The van der Waals surface area contributed by atoms with Gasteiger partial charge in [-0.05, 0) is 56.7 Å². The van der Waals surface area contributed by atoms with Crippen LogP contribution in [0.2, 0.25) is 0 Å². The van der Waals surface area contributed by atoms with Gasteiger partial charge in [-0.15, -0.1) is 0 Å². The van der Waals surface area contributed by atoms with Crippen LogP contribution in [0, 0.1) is 18.6 Å². The first-order valence-corrected chi connectivity index (χ1v) is 11.7. The molecule has 1 saturated heterocycles. The zero-order valence-corrected chi connectivity index (χ0v) is 20.3. The van der Waals surface area contributed by atoms with Crippen molar-refractivity contribution in [3.8, 4) is 11.3 Å². The summed E-state index contributed by atoms with van der Waals surface area (Å²) in [6, 6.07) is 8.25. The van der Waals surface area contributed by atoms with E-state index in [0.29, 0.717) is 22.5 Å². The molecule has 8 nitrogen and oxygen atoms in total. The summed E-state index contributed by atoms with van der Waals surface area (Å²) in [4.78, 5) is 19.3. The first kappa shape index (κ1) is 24.0. The number of halogens is 2. The van der Waals surface area contributed by atoms with Gasteiger partial charge in [0.15, 0.2) is 5.82 Å². The number of nitrogens with one attached hydrogen (secondary N) is 2. The summed E-state index contributed by atoms with van der Waals surface area (Å²) in [6.07, 6.45) is 2.80. The molecule has 10 heteroatoms. The second kappa shape index (κ2) is 9.36. The summed E-state index contributed by atoms with van der Waals surface area (Å²) in [7, 11) is 0. The lowest BCUT2D eigenvalue weighted by Crippen LogP contribution is -2.43. The van der Waals surface area contributed by atoms with E-state index in [1.165, 1.54) is 6.07 Å². The van der Waals surface area contributed by atoms with Crippen LogP contribution in [-0.2, 0) is 5.60 Å². The second-order valence-corrected chi connectivity index (χ2v) is 9.38. The number of hydrogen-bond acceptors (Lipinski definition) is 8. The van der Waals surface area contributed by atoms with Crippen molar-refractivity contribution in [2.24, 2.45) is 0 Å². The zero-order chi connectivity index (χ0) is 25.4. The van der Waals surface area contributed by atoms with Gasteiger partial charge in [0.05, 0.1) is 23.7 Å². The van der Waals surface area contributed by atoms with E-state index in [1.54, 1.807) is 39.1 Å². The van der Waals surface area contributed by atoms with Crippen LogP contribution < -0.4 is 15.5 Å². The molecule has 0 radical (unpaired) electrons. The normalized spacial score (nSPS) is 14.3. The zero-order valence-electron chi connectivity index (χ0n) is 20.3. The number of piperazine rings is 1. The molecule has 0 saturated carbocycles. The average molecular weight is 492 g/mol. The Morgan fingerprint density at radius 1 is 1.00 bits per heavy atom. The third-order valence-corrected chi connectivity index (χ3v) is 6.14. The maximum atomic E-state index is 15.1. The van der Waals surface area contributed by atoms with Gasteiger partial charge in [0.25, 0.3) is 0 Å². The fraction of sp³-hybridized carbons (Fsp3) is 0.308. The van der Waals surface area contributed by atoms with Crippen LogP contribution >= 0.6 is 0 Å². The molecule has 4 heterocycles. The molecule has 4 aromatic rings. The molecule has 0 spiro atoms. The fourth-order valence-corrected chi connectivity index (χ4v) is 4.37. The highest BCUT2D eigenvalue weighted by molar-refractivity contribution is 5.88. The number of fused-ring (bicyclic) bond motifs is 1. The molecular formula is C26H27F2N7O. The van der Waals surface area contributed by atoms with Crippen LogP contribution in [-0.4, -0.2) is 51.2 Å². The summed E-state index contributed by atoms with van der Waals surface area (Å²) < 4.78 is 29.9. The van der Waals surface area contributed by atoms with Crippen LogP contribution in [0.3, 0.4) is 0 Å². The minimum atomic E-state index is -1.25. The minimum absolute atomic E-state index is 0.0759. The maximum absolute atomic E-state index is 15.1. The van der Waals surface area contributed by atoms with Gasteiger partial charge in [-0.3, -0.25) is 4.98 Å². The Labute approximate surface area is 207 Å². The standard InChI is InChI=1S/C26H27F2N7O/c1-15-10-19(26(2,3)36)18-11-16(12-20(27)24(18)32-15)23-21(28)14-31-25(34-23)33-22-5-4-17(13-30-22)35-8-6-29-7-9-35/h4-5,10-14,29,36H,6-9H2,1-3H3,(H,30,31,33,34). The van der Waals surface area contributed by atoms with Crippen LogP contribution in [0.25, 0.3) is 22.2 Å². The summed E-state index contributed by atoms with van der Waals surface area (Å²) >= 11 is 0. The first-order valence-electron chi connectivity index (χ1n) is 11.7. The fourth-order valence-electron chi connectivity index (χ4n) is 4.37. The van der Waals surface area contributed by atoms with E-state index in [1.807, 2.05) is 12.1 Å². The highest BCUT2D eigenvalue weighted by atomic mass is 19.1. The van der Waals surface area contributed by atoms with E-state index in [-0.39, 0.29) is 22.7 Å². The number of aromatic nitrogens is 4. The monoisotopic (exact) mass is 491 g/mol. The van der Waals surface area contributed by atoms with Gasteiger partial charge in [-0.2, -0.15) is 0 Å². The molecule has 3 N–H and O–H groups in total. The van der Waals surface area contributed by atoms with Crippen molar-refractivity contribution in [2.75, 3.05) is 36.4 Å². The number of anilines is 3. The lowest BCUT2D eigenvalue weighted by molar-refractivity contribution is 0.0800. The van der Waals surface area contributed by atoms with E-state index in [4.69, 9.17) is 0 Å². The summed E-state index contributed by atoms with van der Waals surface area (Å²) in [5, 5.41) is 17.4. The van der Waals surface area contributed by atoms with E-state index >= 15 is 4.39 Å². The molecule has 5 rings (SSSR count). The Balaban J connectivity index is 1.48. The largest absolute Gasteiger partial charge is 0.386 e. The number of rotatable bonds is 5. The Morgan fingerprint density at radius 3 is 2.47 bits per heavy atom. The van der Waals surface area contributed by atoms with Crippen molar-refractivity contribution in [1.29, 1.82) is 0 Å². The molecule has 1 aliphatic rings. The van der Waals surface area contributed by atoms with Gasteiger partial charge < -0.3 is 20.6 Å². The molecule has 1 aromatic carbocycles. The van der Waals surface area contributed by atoms with Crippen LogP contribution in [0.15, 0.2) is 42.7 Å². The second-order valence-electron chi connectivity index (χ2n) is 9.38. The van der Waals surface area contributed by atoms with Crippen molar-refractivity contribution < 1.29 is 13.9 Å². The first-order chi connectivity index (χ1) is 17.2. The highest BCUT2D eigenvalue weighted by Gasteiger charge is 2.23. The highest BCUT2D eigenvalue weighted by Crippen LogP contribution is 2.34. The third-order valence-electron chi connectivity index (χ3n) is 6.14. The van der Waals surface area contributed by atoms with E-state index in [9.17, 15) is 9.50 Å². The van der Waals surface area contributed by atoms with Crippen molar-refractivity contribution in [3.63, 3.8) is 0 Å². The molecule has 0 unspecified atom stereocenters. The molecule has 0 bridgehead atoms. The van der Waals surface area contributed by atoms with E-state index < -0.39 is 17.2 Å². The predicted octanol–water partition coefficient (Wildman–Crippen LogP) is 4.05. The van der Waals surface area contributed by atoms with E-state index in [0.717, 1.165) is 38.1 Å². The molecular weight excluding hydrogens is 464 g/mol. The lowest BCUT2D eigenvalue weighted by Gasteiger charge is -2.29. The quantitative estimate of drug-likeness (QED) is 0.385. The Bertz CT molecular complexity index is 1410. The molecule has 1 aliphatic heterocycles. The van der Waals surface area contributed by atoms with Gasteiger partial charge in [0.2, 0.25) is 5.95 Å². The molecule has 1 fully saturated rings. The van der Waals surface area contributed by atoms with Crippen molar-refractivity contribution in [1.82, 2.24) is 25.3 Å². The van der Waals surface area contributed by atoms with Gasteiger partial charge in [-0.25, -0.2) is 23.7 Å². The lowest BCUT2D eigenvalue weighted by atomic mass is 9.92. The van der Waals surface area contributed by atoms with Gasteiger partial charge in [-0.1, -0.05) is 0 Å². The van der Waals surface area contributed by atoms with Gasteiger partial charge >= 0.3 is 0 Å². The number of aliphatic hydroxyl groups is 1. The average Bonchev–Trinajstić information content (AvgIpc) is 2.85. The number of hydrogen-bond donors (Lipinski definition) is 3. The van der Waals surface area contributed by atoms with Crippen molar-refractivity contribution >= 4 is 28.4 Å². The van der Waals surface area contributed by atoms with Gasteiger partial charge in [0, 0.05) is 42.8 Å². The van der Waals surface area contributed by atoms with Crippen LogP contribution in [0.4, 0.5) is 26.2 Å². The summed E-state index contributed by atoms with van der Waals surface area (Å²) in [5.41, 5.74) is 1.07. The van der Waals surface area contributed by atoms with Gasteiger partial charge in [0.1, 0.15) is 22.8 Å². The van der Waals surface area contributed by atoms with Crippen molar-refractivity contribution in [2.45, 2.75) is 26.4 Å². The molecule has 0 aliphatic carbocycles. The molecule has 0 atom stereocenters. The maximum Gasteiger partial charge on any atom is 0.229 e. The Kier molecular flexibility index (Phi) is 6.23. The molecule has 36 heavy (non-hydrogen) atoms. The van der Waals surface area contributed by atoms with E-state index in [2.05, 4.69) is 35.5 Å². The number of pyridine rings is 2. The molecule has 3 aromatic heterocycles. The predicted molar refractivity (Wildman–Crippen MR) is 135 cm³/mol. The smallest absolute Gasteiger partial charge is 0.229 e. The minimum Gasteiger partial charge on any atom is -0.386 e. The van der Waals surface area contributed by atoms with Crippen LogP contribution in [0.5, 0.6) is 0 Å². The topological polar surface area (TPSA) is 99.1 Å². The molecule has 186 valence electrons. The third kappa shape index (κ3) is 4.82. The number of benzene rings is 1. The summed E-state index contributed by atoms with van der Waals surface area (Å²) in [6.45, 7) is 8.62. The Morgan fingerprint density at radius 2 is 1.78 bits per heavy atom. The SMILES string of the molecule is Cc1cc(C(C)(C)O)c2cc(-c3nc(Nc4ccc(N5CCNCC5)cn4)ncc3F)cc(F)c2n1. The van der Waals surface area contributed by atoms with Crippen molar-refractivity contribution in [3.05, 3.63) is 65.6 Å². The number of aryl methyl sites for hydroxylation is 1. The Hall–Kier alpha value is -3.76. The summed E-state index contributed by atoms with van der Waals surface area (Å²) in [5.74, 6) is -0.709. The molecule has 0 amide bonds.